The van der Waals surface area contributed by atoms with Crippen molar-refractivity contribution in [2.45, 2.75) is 33.1 Å². The van der Waals surface area contributed by atoms with Crippen molar-refractivity contribution in [1.29, 1.82) is 0 Å². The molecule has 0 unspecified atom stereocenters. The van der Waals surface area contributed by atoms with Crippen LogP contribution in [0.25, 0.3) is 11.3 Å². The third-order valence-electron chi connectivity index (χ3n) is 3.74. The van der Waals surface area contributed by atoms with E-state index in [1.807, 2.05) is 6.92 Å². The third-order valence-corrected chi connectivity index (χ3v) is 3.74. The van der Waals surface area contributed by atoms with Crippen LogP contribution in [-0.2, 0) is 12.8 Å². The molecule has 4 heterocycles. The molecule has 0 radical (unpaired) electrons. The number of fused-ring (bicyclic) bond motifs is 2. The summed E-state index contributed by atoms with van der Waals surface area (Å²) in [6.45, 7) is 4.05. The molecule has 0 spiro atoms. The van der Waals surface area contributed by atoms with E-state index in [-0.39, 0.29) is 11.1 Å². The van der Waals surface area contributed by atoms with E-state index in [9.17, 15) is 9.59 Å². The number of nitrogens with zero attached hydrogens (tertiary/aromatic N) is 4. The number of H-pyrrole nitrogens is 2. The first-order valence-electron chi connectivity index (χ1n) is 8.24. The average molecular weight is 340 g/mol. The highest BCUT2D eigenvalue weighted by atomic mass is 16.1. The predicted molar refractivity (Wildman–Crippen MR) is 95.0 cm³/mol. The summed E-state index contributed by atoms with van der Waals surface area (Å²) in [5, 5.41) is 5.58. The second kappa shape index (κ2) is 7.16. The van der Waals surface area contributed by atoms with Crippen molar-refractivity contribution in [3.63, 3.8) is 0 Å². The average Bonchev–Trinajstić information content (AvgIpc) is 3.24. The summed E-state index contributed by atoms with van der Waals surface area (Å²) in [7, 11) is 0. The summed E-state index contributed by atoms with van der Waals surface area (Å²) in [6, 6.07) is 6.69. The van der Waals surface area contributed by atoms with Gasteiger partial charge in [0.25, 0.3) is 11.1 Å². The van der Waals surface area contributed by atoms with Crippen LogP contribution < -0.4 is 11.1 Å². The summed E-state index contributed by atoms with van der Waals surface area (Å²) in [5.74, 6) is 0. The fourth-order valence-corrected chi connectivity index (χ4v) is 2.52. The van der Waals surface area contributed by atoms with E-state index in [0.717, 1.165) is 30.7 Å². The maximum atomic E-state index is 11.4. The Morgan fingerprint density at radius 3 is 1.92 bits per heavy atom. The largest absolute Gasteiger partial charge is 0.297 e. The number of aromatic nitrogens is 6. The Hall–Kier alpha value is -3.16. The summed E-state index contributed by atoms with van der Waals surface area (Å²) in [4.78, 5) is 31.3. The van der Waals surface area contributed by atoms with Crippen molar-refractivity contribution in [1.82, 2.24) is 29.2 Å². The van der Waals surface area contributed by atoms with E-state index < -0.39 is 0 Å². The molecule has 25 heavy (non-hydrogen) atoms. The van der Waals surface area contributed by atoms with Crippen molar-refractivity contribution in [3.05, 3.63) is 68.8 Å². The summed E-state index contributed by atoms with van der Waals surface area (Å²) < 4.78 is 2.85. The molecule has 4 rings (SSSR count). The van der Waals surface area contributed by atoms with Gasteiger partial charge in [0.15, 0.2) is 11.3 Å². The van der Waals surface area contributed by atoms with E-state index in [1.165, 1.54) is 9.03 Å². The molecule has 130 valence electrons. The van der Waals surface area contributed by atoms with Crippen LogP contribution in [0.15, 0.2) is 46.2 Å². The van der Waals surface area contributed by atoms with Crippen LogP contribution in [0.1, 0.15) is 31.7 Å². The molecule has 0 aliphatic carbocycles. The van der Waals surface area contributed by atoms with Gasteiger partial charge < -0.3 is 0 Å². The van der Waals surface area contributed by atoms with Crippen LogP contribution in [0.5, 0.6) is 0 Å². The molecule has 0 bridgehead atoms. The van der Waals surface area contributed by atoms with Crippen molar-refractivity contribution in [2.24, 2.45) is 0 Å². The van der Waals surface area contributed by atoms with Crippen LogP contribution in [0.4, 0.5) is 0 Å². The minimum absolute atomic E-state index is 0.0431. The van der Waals surface area contributed by atoms with Gasteiger partial charge in [0.1, 0.15) is 0 Å². The predicted octanol–water partition coefficient (Wildman–Crippen LogP) is 1.56. The lowest BCUT2D eigenvalue weighted by molar-refractivity contribution is 0.839. The van der Waals surface area contributed by atoms with Gasteiger partial charge in [-0.05, 0) is 12.8 Å². The number of rotatable bonds is 3. The van der Waals surface area contributed by atoms with Gasteiger partial charge in [-0.3, -0.25) is 19.8 Å². The second-order valence-corrected chi connectivity index (χ2v) is 5.59. The van der Waals surface area contributed by atoms with Gasteiger partial charge in [0, 0.05) is 48.0 Å². The van der Waals surface area contributed by atoms with Crippen LogP contribution in [0.3, 0.4) is 0 Å². The van der Waals surface area contributed by atoms with Crippen LogP contribution in [0, 0.1) is 0 Å². The molecule has 2 N–H and O–H groups in total. The van der Waals surface area contributed by atoms with E-state index in [0.29, 0.717) is 11.3 Å². The fourth-order valence-electron chi connectivity index (χ4n) is 2.52. The topological polar surface area (TPSA) is 100 Å². The normalized spacial score (nSPS) is 10.8. The highest BCUT2D eigenvalue weighted by Gasteiger charge is 2.01. The van der Waals surface area contributed by atoms with Crippen LogP contribution in [-0.4, -0.2) is 29.2 Å². The maximum Gasteiger partial charge on any atom is 0.272 e. The van der Waals surface area contributed by atoms with Gasteiger partial charge in [0.05, 0.1) is 0 Å². The van der Waals surface area contributed by atoms with E-state index in [1.54, 1.807) is 36.7 Å². The first kappa shape index (κ1) is 16.7. The molecule has 0 aliphatic heterocycles. The number of nitrogens with one attached hydrogen (secondary N) is 2. The maximum absolute atomic E-state index is 11.4. The Morgan fingerprint density at radius 1 is 0.880 bits per heavy atom. The lowest BCUT2D eigenvalue weighted by atomic mass is 10.2. The fraction of sp³-hybridized carbons (Fsp3) is 0.294. The quantitative estimate of drug-likeness (QED) is 0.591. The number of aromatic amines is 2. The Labute approximate surface area is 143 Å². The molecule has 0 amide bonds. The van der Waals surface area contributed by atoms with Crippen LogP contribution >= 0.6 is 0 Å². The van der Waals surface area contributed by atoms with Gasteiger partial charge >= 0.3 is 0 Å². The Balaban J connectivity index is 0.000000146. The highest BCUT2D eigenvalue weighted by Crippen LogP contribution is 1.99. The van der Waals surface area contributed by atoms with Crippen molar-refractivity contribution in [2.75, 3.05) is 0 Å². The van der Waals surface area contributed by atoms with Crippen molar-refractivity contribution < 1.29 is 0 Å². The molecule has 4 aromatic rings. The third kappa shape index (κ3) is 3.52. The summed E-state index contributed by atoms with van der Waals surface area (Å²) in [5.41, 5.74) is 2.97. The number of hydrogen-bond donors (Lipinski definition) is 2. The lowest BCUT2D eigenvalue weighted by Crippen LogP contribution is -2.15. The molecule has 8 heteroatoms. The van der Waals surface area contributed by atoms with E-state index >= 15 is 0 Å². The number of aryl methyl sites for hydroxylation is 2. The standard InChI is InChI=1S/C9H11N3O.C8H9N3O/c1-2-3-7-6-9(13)12-8(11-7)4-5-10-12;1-2-6-5-8(12)11-7(10-6)3-4-9-11/h4-6,10H,2-3H2,1H3;3-5,9H,2H2,1H3. The van der Waals surface area contributed by atoms with E-state index in [4.69, 9.17) is 0 Å². The second-order valence-electron chi connectivity index (χ2n) is 5.59. The number of hydrogen-bond acceptors (Lipinski definition) is 4. The van der Waals surface area contributed by atoms with Gasteiger partial charge in [-0.1, -0.05) is 20.3 Å². The summed E-state index contributed by atoms with van der Waals surface area (Å²) in [6.07, 6.45) is 6.06. The van der Waals surface area contributed by atoms with Gasteiger partial charge in [-0.15, -0.1) is 0 Å². The van der Waals surface area contributed by atoms with Crippen molar-refractivity contribution >= 4 is 11.3 Å². The zero-order valence-corrected chi connectivity index (χ0v) is 14.2. The molecular formula is C17H20N6O2. The lowest BCUT2D eigenvalue weighted by Gasteiger charge is -1.97. The molecule has 0 saturated carbocycles. The monoisotopic (exact) mass is 340 g/mol. The smallest absolute Gasteiger partial charge is 0.272 e. The highest BCUT2D eigenvalue weighted by molar-refractivity contribution is 5.36. The zero-order valence-electron chi connectivity index (χ0n) is 14.2. The molecule has 0 aliphatic rings. The first-order chi connectivity index (χ1) is 12.1. The molecule has 0 saturated heterocycles. The Bertz CT molecular complexity index is 1100. The molecule has 4 aromatic heterocycles. The zero-order chi connectivity index (χ0) is 17.8. The van der Waals surface area contributed by atoms with Crippen molar-refractivity contribution in [3.8, 4) is 0 Å². The molecule has 0 atom stereocenters. The van der Waals surface area contributed by atoms with Gasteiger partial charge in [-0.2, -0.15) is 0 Å². The minimum atomic E-state index is -0.0538. The van der Waals surface area contributed by atoms with Gasteiger partial charge in [-0.25, -0.2) is 19.0 Å². The Kier molecular flexibility index (Phi) is 4.78. The Morgan fingerprint density at radius 2 is 1.40 bits per heavy atom. The molecule has 0 aromatic carbocycles. The SMILES string of the molecule is CCCc1cc(=O)n2[nH]ccc2n1.CCc1cc(=O)n2[nH]ccc2n1. The molecule has 0 fully saturated rings. The van der Waals surface area contributed by atoms with Gasteiger partial charge in [0.2, 0.25) is 0 Å². The summed E-state index contributed by atoms with van der Waals surface area (Å²) >= 11 is 0. The molecule has 8 nitrogen and oxygen atoms in total. The minimum Gasteiger partial charge on any atom is -0.297 e. The van der Waals surface area contributed by atoms with E-state index in [2.05, 4.69) is 27.1 Å². The molecular weight excluding hydrogens is 320 g/mol. The first-order valence-corrected chi connectivity index (χ1v) is 8.24. The van der Waals surface area contributed by atoms with Crippen LogP contribution in [0.2, 0.25) is 0 Å².